The van der Waals surface area contributed by atoms with Gasteiger partial charge in [-0.3, -0.25) is 0 Å². The number of aryl methyl sites for hydroxylation is 1. The van der Waals surface area contributed by atoms with Crippen molar-refractivity contribution in [1.82, 2.24) is 0 Å². The average Bonchev–Trinajstić information content (AvgIpc) is 1.93. The largest absolute Gasteiger partial charge is 0.397 e. The van der Waals surface area contributed by atoms with Gasteiger partial charge in [0.2, 0.25) is 0 Å². The van der Waals surface area contributed by atoms with Gasteiger partial charge >= 0.3 is 0 Å². The van der Waals surface area contributed by atoms with E-state index in [1.807, 2.05) is 19.1 Å². The Morgan fingerprint density at radius 3 is 2.55 bits per heavy atom. The minimum atomic E-state index is -0.450. The number of aliphatic hydroxyl groups excluding tert-OH is 1. The standard InChI is InChI=1S/C9H14OSi/c1-7-5-3-4-6-9(7)11-8(2)10/h3-6,8,10H,11H2,1-2H3. The summed E-state index contributed by atoms with van der Waals surface area (Å²) in [4.78, 5) is 0. The maximum Gasteiger partial charge on any atom is 0.0883 e. The van der Waals surface area contributed by atoms with E-state index in [0.29, 0.717) is 0 Å². The first kappa shape index (κ1) is 8.49. The molecule has 1 rings (SSSR count). The third-order valence-corrected chi connectivity index (χ3v) is 3.60. The number of hydrogen-bond acceptors (Lipinski definition) is 1. The van der Waals surface area contributed by atoms with E-state index < -0.39 is 9.52 Å². The molecule has 1 nitrogen and oxygen atoms in total. The van der Waals surface area contributed by atoms with Crippen LogP contribution in [0.2, 0.25) is 0 Å². The van der Waals surface area contributed by atoms with Crippen molar-refractivity contribution in [2.75, 3.05) is 0 Å². The third kappa shape index (κ3) is 2.48. The van der Waals surface area contributed by atoms with Crippen molar-refractivity contribution < 1.29 is 5.11 Å². The van der Waals surface area contributed by atoms with Crippen LogP contribution in [0.15, 0.2) is 24.3 Å². The fourth-order valence-corrected chi connectivity index (χ4v) is 2.51. The lowest BCUT2D eigenvalue weighted by Crippen LogP contribution is -2.27. The van der Waals surface area contributed by atoms with E-state index in [1.54, 1.807) is 0 Å². The van der Waals surface area contributed by atoms with Crippen LogP contribution in [0, 0.1) is 6.92 Å². The monoisotopic (exact) mass is 166 g/mol. The van der Waals surface area contributed by atoms with Gasteiger partial charge in [0, 0.05) is 5.73 Å². The van der Waals surface area contributed by atoms with E-state index in [-0.39, 0.29) is 5.73 Å². The maximum absolute atomic E-state index is 9.19. The SMILES string of the molecule is Cc1ccccc1[SiH2]C(C)O. The normalized spacial score (nSPS) is 14.1. The minimum Gasteiger partial charge on any atom is -0.397 e. The van der Waals surface area contributed by atoms with Crippen molar-refractivity contribution >= 4 is 14.7 Å². The predicted molar refractivity (Wildman–Crippen MR) is 51.0 cm³/mol. The molecule has 0 aliphatic rings. The highest BCUT2D eigenvalue weighted by Crippen LogP contribution is 1.92. The first-order valence-electron chi connectivity index (χ1n) is 3.92. The Labute approximate surface area is 69.9 Å². The van der Waals surface area contributed by atoms with Gasteiger partial charge < -0.3 is 5.11 Å². The molecule has 0 saturated heterocycles. The molecule has 0 fully saturated rings. The van der Waals surface area contributed by atoms with Crippen LogP contribution >= 0.6 is 0 Å². The van der Waals surface area contributed by atoms with Crippen molar-refractivity contribution in [1.29, 1.82) is 0 Å². The van der Waals surface area contributed by atoms with Gasteiger partial charge in [-0.2, -0.15) is 0 Å². The summed E-state index contributed by atoms with van der Waals surface area (Å²) in [5.74, 6) is 0. The van der Waals surface area contributed by atoms with E-state index in [9.17, 15) is 5.11 Å². The highest BCUT2D eigenvalue weighted by Gasteiger charge is 2.01. The van der Waals surface area contributed by atoms with Crippen LogP contribution in [0.4, 0.5) is 0 Å². The third-order valence-electron chi connectivity index (χ3n) is 1.78. The maximum atomic E-state index is 9.19. The van der Waals surface area contributed by atoms with Gasteiger partial charge in [-0.15, -0.1) is 0 Å². The Morgan fingerprint density at radius 2 is 2.00 bits per heavy atom. The molecule has 0 radical (unpaired) electrons. The highest BCUT2D eigenvalue weighted by molar-refractivity contribution is 6.55. The molecule has 2 heteroatoms. The van der Waals surface area contributed by atoms with Gasteiger partial charge in [0.15, 0.2) is 0 Å². The topological polar surface area (TPSA) is 20.2 Å². The molecular weight excluding hydrogens is 152 g/mol. The van der Waals surface area contributed by atoms with Crippen LogP contribution in [0.25, 0.3) is 0 Å². The van der Waals surface area contributed by atoms with E-state index in [0.717, 1.165) is 0 Å². The molecule has 1 N–H and O–H groups in total. The van der Waals surface area contributed by atoms with Gasteiger partial charge in [-0.05, 0) is 13.8 Å². The fourth-order valence-electron chi connectivity index (χ4n) is 1.16. The number of benzene rings is 1. The summed E-state index contributed by atoms with van der Waals surface area (Å²) in [5.41, 5.74) is 1.22. The van der Waals surface area contributed by atoms with Crippen LogP contribution in [0.1, 0.15) is 12.5 Å². The molecule has 0 heterocycles. The zero-order valence-corrected chi connectivity index (χ0v) is 8.46. The first-order chi connectivity index (χ1) is 5.20. The Morgan fingerprint density at radius 1 is 1.36 bits per heavy atom. The molecule has 0 aromatic heterocycles. The van der Waals surface area contributed by atoms with Gasteiger partial charge in [0.05, 0.1) is 9.52 Å². The smallest absolute Gasteiger partial charge is 0.0883 e. The molecule has 1 atom stereocenters. The lowest BCUT2D eigenvalue weighted by Gasteiger charge is -2.05. The minimum absolute atomic E-state index is 0.101. The van der Waals surface area contributed by atoms with Crippen LogP contribution in [-0.4, -0.2) is 20.4 Å². The van der Waals surface area contributed by atoms with Gasteiger partial charge in [-0.1, -0.05) is 35.0 Å². The van der Waals surface area contributed by atoms with Crippen molar-refractivity contribution in [3.05, 3.63) is 29.8 Å². The average molecular weight is 166 g/mol. The van der Waals surface area contributed by atoms with E-state index >= 15 is 0 Å². The fraction of sp³-hybridized carbons (Fsp3) is 0.333. The van der Waals surface area contributed by atoms with Crippen LogP contribution in [0.3, 0.4) is 0 Å². The molecule has 11 heavy (non-hydrogen) atoms. The molecule has 0 aliphatic heterocycles. The summed E-state index contributed by atoms with van der Waals surface area (Å²) in [6.07, 6.45) is 0. The molecule has 1 aromatic rings. The summed E-state index contributed by atoms with van der Waals surface area (Å²) in [7, 11) is -0.450. The van der Waals surface area contributed by atoms with E-state index in [1.165, 1.54) is 10.8 Å². The second-order valence-corrected chi connectivity index (χ2v) is 5.33. The van der Waals surface area contributed by atoms with E-state index in [2.05, 4.69) is 19.1 Å². The van der Waals surface area contributed by atoms with Crippen molar-refractivity contribution in [3.8, 4) is 0 Å². The van der Waals surface area contributed by atoms with Gasteiger partial charge in [0.1, 0.15) is 0 Å². The summed E-state index contributed by atoms with van der Waals surface area (Å²) in [6, 6.07) is 8.30. The molecule has 0 bridgehead atoms. The highest BCUT2D eigenvalue weighted by atomic mass is 28.2. The van der Waals surface area contributed by atoms with Crippen LogP contribution < -0.4 is 5.19 Å². The number of rotatable bonds is 2. The zero-order valence-electron chi connectivity index (χ0n) is 7.04. The van der Waals surface area contributed by atoms with Gasteiger partial charge in [0.25, 0.3) is 0 Å². The van der Waals surface area contributed by atoms with Crippen LogP contribution in [-0.2, 0) is 0 Å². The van der Waals surface area contributed by atoms with Crippen molar-refractivity contribution in [2.45, 2.75) is 19.6 Å². The van der Waals surface area contributed by atoms with E-state index in [4.69, 9.17) is 0 Å². The molecule has 0 saturated carbocycles. The summed E-state index contributed by atoms with van der Waals surface area (Å²) >= 11 is 0. The first-order valence-corrected chi connectivity index (χ1v) is 5.45. The van der Waals surface area contributed by atoms with Crippen molar-refractivity contribution in [2.24, 2.45) is 0 Å². The Bertz CT molecular complexity index is 233. The Hall–Kier alpha value is -0.603. The second kappa shape index (κ2) is 3.69. The Kier molecular flexibility index (Phi) is 2.85. The van der Waals surface area contributed by atoms with Crippen molar-refractivity contribution in [3.63, 3.8) is 0 Å². The molecule has 0 aliphatic carbocycles. The zero-order chi connectivity index (χ0) is 8.27. The lowest BCUT2D eigenvalue weighted by molar-refractivity contribution is 0.274. The summed E-state index contributed by atoms with van der Waals surface area (Å²) < 4.78 is 0. The second-order valence-electron chi connectivity index (χ2n) is 2.98. The quantitative estimate of drug-likeness (QED) is 0.619. The predicted octanol–water partition coefficient (Wildman–Crippen LogP) is 0.127. The number of aliphatic hydroxyl groups is 1. The molecule has 1 aromatic carbocycles. The molecule has 1 unspecified atom stereocenters. The van der Waals surface area contributed by atoms with Gasteiger partial charge in [-0.25, -0.2) is 0 Å². The van der Waals surface area contributed by atoms with Crippen LogP contribution in [0.5, 0.6) is 0 Å². The molecule has 60 valence electrons. The summed E-state index contributed by atoms with van der Waals surface area (Å²) in [5, 5.41) is 10.6. The molecular formula is C9H14OSi. The number of hydrogen-bond donors (Lipinski definition) is 1. The molecule has 0 amide bonds. The summed E-state index contributed by atoms with van der Waals surface area (Å²) in [6.45, 7) is 3.98. The lowest BCUT2D eigenvalue weighted by atomic mass is 10.2. The Balaban J connectivity index is 2.78. The molecule has 0 spiro atoms.